The summed E-state index contributed by atoms with van der Waals surface area (Å²) in [7, 11) is 0. The van der Waals surface area contributed by atoms with Gasteiger partial charge in [-0.1, -0.05) is 17.7 Å². The van der Waals surface area contributed by atoms with Crippen molar-refractivity contribution in [1.82, 2.24) is 19.7 Å². The minimum atomic E-state index is 0.537. The van der Waals surface area contributed by atoms with Crippen LogP contribution in [0.3, 0.4) is 0 Å². The number of nitriles is 1. The molecule has 0 aliphatic rings. The van der Waals surface area contributed by atoms with E-state index < -0.39 is 0 Å². The number of aromatic nitrogens is 4. The van der Waals surface area contributed by atoms with E-state index in [4.69, 9.17) is 0 Å². The smallest absolute Gasteiger partial charge is 0.153 e. The lowest BCUT2D eigenvalue weighted by atomic mass is 10.0. The standard InChI is InChI=1S/C23H22N6/c1-14-7-15(2)22-20(8-14)23(19(10-24)13-27-22)26-12-18-5-6-21(25-11-18)29-17(4)9-16(3)28-29/h5-9,11,13H,12H2,1-4H3,(H,26,27). The molecule has 3 heterocycles. The highest BCUT2D eigenvalue weighted by atomic mass is 15.3. The van der Waals surface area contributed by atoms with Crippen LogP contribution in [0.4, 0.5) is 5.69 Å². The third-order valence-corrected chi connectivity index (χ3v) is 4.93. The van der Waals surface area contributed by atoms with Crippen molar-refractivity contribution in [2.45, 2.75) is 34.2 Å². The first-order chi connectivity index (χ1) is 14.0. The SMILES string of the molecule is Cc1cc(C)c2ncc(C#N)c(NCc3ccc(-n4nc(C)cc4C)nc3)c2c1. The molecule has 0 atom stereocenters. The fourth-order valence-corrected chi connectivity index (χ4v) is 3.63. The zero-order chi connectivity index (χ0) is 20.5. The van der Waals surface area contributed by atoms with Crippen molar-refractivity contribution in [2.24, 2.45) is 0 Å². The van der Waals surface area contributed by atoms with Crippen LogP contribution in [0.25, 0.3) is 16.7 Å². The molecule has 144 valence electrons. The molecule has 6 nitrogen and oxygen atoms in total. The van der Waals surface area contributed by atoms with Crippen molar-refractivity contribution < 1.29 is 0 Å². The number of benzene rings is 1. The molecular formula is C23H22N6. The molecule has 0 bridgehead atoms. The Balaban J connectivity index is 1.63. The minimum absolute atomic E-state index is 0.537. The van der Waals surface area contributed by atoms with Crippen molar-refractivity contribution >= 4 is 16.6 Å². The minimum Gasteiger partial charge on any atom is -0.379 e. The highest BCUT2D eigenvalue weighted by Gasteiger charge is 2.11. The van der Waals surface area contributed by atoms with Gasteiger partial charge < -0.3 is 5.32 Å². The fraction of sp³-hybridized carbons (Fsp3) is 0.217. The molecule has 4 aromatic rings. The molecule has 0 amide bonds. The van der Waals surface area contributed by atoms with Crippen molar-refractivity contribution in [3.63, 3.8) is 0 Å². The van der Waals surface area contributed by atoms with E-state index >= 15 is 0 Å². The van der Waals surface area contributed by atoms with Crippen LogP contribution in [0.2, 0.25) is 0 Å². The second kappa shape index (κ2) is 7.36. The Labute approximate surface area is 169 Å². The van der Waals surface area contributed by atoms with Crippen molar-refractivity contribution in [2.75, 3.05) is 5.32 Å². The number of nitrogens with zero attached hydrogens (tertiary/aromatic N) is 5. The lowest BCUT2D eigenvalue weighted by Crippen LogP contribution is -2.06. The Morgan fingerprint density at radius 3 is 2.52 bits per heavy atom. The molecule has 0 saturated carbocycles. The maximum absolute atomic E-state index is 9.55. The van der Waals surface area contributed by atoms with Gasteiger partial charge in [0.25, 0.3) is 0 Å². The van der Waals surface area contributed by atoms with Gasteiger partial charge >= 0.3 is 0 Å². The zero-order valence-corrected chi connectivity index (χ0v) is 17.0. The summed E-state index contributed by atoms with van der Waals surface area (Å²) in [6.45, 7) is 8.64. The topological polar surface area (TPSA) is 79.4 Å². The number of hydrogen-bond acceptors (Lipinski definition) is 5. The Kier molecular flexibility index (Phi) is 4.73. The molecule has 29 heavy (non-hydrogen) atoms. The van der Waals surface area contributed by atoms with E-state index in [0.29, 0.717) is 12.1 Å². The summed E-state index contributed by atoms with van der Waals surface area (Å²) in [6, 6.07) is 12.4. The molecule has 0 aliphatic carbocycles. The maximum Gasteiger partial charge on any atom is 0.153 e. The molecule has 0 unspecified atom stereocenters. The average molecular weight is 382 g/mol. The molecule has 1 N–H and O–H groups in total. The van der Waals surface area contributed by atoms with E-state index in [1.807, 2.05) is 49.8 Å². The van der Waals surface area contributed by atoms with Crippen LogP contribution in [0.15, 0.2) is 42.7 Å². The summed E-state index contributed by atoms with van der Waals surface area (Å²) in [5.74, 6) is 0.790. The number of fused-ring (bicyclic) bond motifs is 1. The predicted octanol–water partition coefficient (Wildman–Crippen LogP) is 4.53. The van der Waals surface area contributed by atoms with Gasteiger partial charge in [0.05, 0.1) is 22.5 Å². The Morgan fingerprint density at radius 1 is 1.03 bits per heavy atom. The van der Waals surface area contributed by atoms with E-state index in [9.17, 15) is 5.26 Å². The van der Waals surface area contributed by atoms with Crippen LogP contribution >= 0.6 is 0 Å². The number of nitrogens with one attached hydrogen (secondary N) is 1. The van der Waals surface area contributed by atoms with Gasteiger partial charge in [-0.05, 0) is 57.0 Å². The van der Waals surface area contributed by atoms with Crippen LogP contribution in [-0.4, -0.2) is 19.7 Å². The first-order valence-corrected chi connectivity index (χ1v) is 9.49. The molecule has 4 rings (SSSR count). The molecule has 0 aliphatic heterocycles. The van der Waals surface area contributed by atoms with Crippen LogP contribution in [-0.2, 0) is 6.54 Å². The third kappa shape index (κ3) is 3.55. The number of rotatable bonds is 4. The first-order valence-electron chi connectivity index (χ1n) is 9.49. The molecule has 3 aromatic heterocycles. The van der Waals surface area contributed by atoms with Gasteiger partial charge in [0.2, 0.25) is 0 Å². The van der Waals surface area contributed by atoms with E-state index in [1.54, 1.807) is 6.20 Å². The number of aryl methyl sites for hydroxylation is 4. The van der Waals surface area contributed by atoms with Crippen LogP contribution in [0.5, 0.6) is 0 Å². The lowest BCUT2D eigenvalue weighted by molar-refractivity contribution is 0.804. The summed E-state index contributed by atoms with van der Waals surface area (Å²) in [5, 5.41) is 18.4. The van der Waals surface area contributed by atoms with Gasteiger partial charge in [0, 0.05) is 30.0 Å². The van der Waals surface area contributed by atoms with Crippen LogP contribution in [0.1, 0.15) is 33.6 Å². The average Bonchev–Trinajstić information content (AvgIpc) is 3.04. The number of anilines is 1. The Bertz CT molecular complexity index is 1250. The largest absolute Gasteiger partial charge is 0.379 e. The highest BCUT2D eigenvalue weighted by molar-refractivity contribution is 5.96. The Morgan fingerprint density at radius 2 is 1.86 bits per heavy atom. The van der Waals surface area contributed by atoms with Gasteiger partial charge in [0.1, 0.15) is 6.07 Å². The fourth-order valence-electron chi connectivity index (χ4n) is 3.63. The van der Waals surface area contributed by atoms with E-state index in [2.05, 4.69) is 45.5 Å². The van der Waals surface area contributed by atoms with E-state index in [1.165, 1.54) is 0 Å². The molecule has 1 aromatic carbocycles. The normalized spacial score (nSPS) is 10.9. The van der Waals surface area contributed by atoms with Crippen molar-refractivity contribution in [3.05, 3.63) is 76.4 Å². The maximum atomic E-state index is 9.55. The molecule has 0 radical (unpaired) electrons. The molecule has 0 saturated heterocycles. The molecule has 0 spiro atoms. The monoisotopic (exact) mass is 382 g/mol. The number of hydrogen-bond donors (Lipinski definition) is 1. The second-order valence-electron chi connectivity index (χ2n) is 7.35. The number of pyridine rings is 2. The lowest BCUT2D eigenvalue weighted by Gasteiger charge is -2.13. The summed E-state index contributed by atoms with van der Waals surface area (Å²) >= 11 is 0. The van der Waals surface area contributed by atoms with Gasteiger partial charge in [-0.2, -0.15) is 10.4 Å². The van der Waals surface area contributed by atoms with E-state index in [-0.39, 0.29) is 0 Å². The van der Waals surface area contributed by atoms with Crippen molar-refractivity contribution in [3.8, 4) is 11.9 Å². The van der Waals surface area contributed by atoms with Gasteiger partial charge in [-0.25, -0.2) is 9.67 Å². The molecular weight excluding hydrogens is 360 g/mol. The highest BCUT2D eigenvalue weighted by Crippen LogP contribution is 2.29. The predicted molar refractivity (Wildman–Crippen MR) is 114 cm³/mol. The van der Waals surface area contributed by atoms with Crippen molar-refractivity contribution in [1.29, 1.82) is 5.26 Å². The Hall–Kier alpha value is -3.72. The van der Waals surface area contributed by atoms with Gasteiger partial charge in [-0.15, -0.1) is 0 Å². The third-order valence-electron chi connectivity index (χ3n) is 4.93. The van der Waals surface area contributed by atoms with Crippen LogP contribution in [0, 0.1) is 39.0 Å². The molecule has 6 heteroatoms. The quantitative estimate of drug-likeness (QED) is 0.561. The second-order valence-corrected chi connectivity index (χ2v) is 7.35. The van der Waals surface area contributed by atoms with E-state index in [0.717, 1.165) is 50.5 Å². The van der Waals surface area contributed by atoms with Gasteiger partial charge in [0.15, 0.2) is 5.82 Å². The summed E-state index contributed by atoms with van der Waals surface area (Å²) in [6.07, 6.45) is 3.47. The molecule has 0 fully saturated rings. The summed E-state index contributed by atoms with van der Waals surface area (Å²) in [4.78, 5) is 9.03. The summed E-state index contributed by atoms with van der Waals surface area (Å²) < 4.78 is 1.84. The zero-order valence-electron chi connectivity index (χ0n) is 17.0. The van der Waals surface area contributed by atoms with Crippen LogP contribution < -0.4 is 5.32 Å². The summed E-state index contributed by atoms with van der Waals surface area (Å²) in [5.41, 5.74) is 7.54. The van der Waals surface area contributed by atoms with Gasteiger partial charge in [-0.3, -0.25) is 4.98 Å². The first kappa shape index (κ1) is 18.6.